The molecule has 5 nitrogen and oxygen atoms in total. The third-order valence-corrected chi connectivity index (χ3v) is 6.76. The normalized spacial score (nSPS) is 13.7. The van der Waals surface area contributed by atoms with Gasteiger partial charge >= 0.3 is 0 Å². The fourth-order valence-corrected chi connectivity index (χ4v) is 5.18. The maximum atomic E-state index is 12.1. The number of sulfonamides is 1. The summed E-state index contributed by atoms with van der Waals surface area (Å²) in [5, 5.41) is 0.916. The van der Waals surface area contributed by atoms with E-state index in [4.69, 9.17) is 11.6 Å². The summed E-state index contributed by atoms with van der Waals surface area (Å²) in [7, 11) is -3.59. The highest BCUT2D eigenvalue weighted by Gasteiger charge is 2.23. The van der Waals surface area contributed by atoms with Crippen LogP contribution >= 0.6 is 34.3 Å². The number of halogens is 1. The van der Waals surface area contributed by atoms with Crippen LogP contribution in [0.5, 0.6) is 0 Å². The van der Waals surface area contributed by atoms with Gasteiger partial charge in [0, 0.05) is 4.88 Å². The summed E-state index contributed by atoms with van der Waals surface area (Å²) in [6, 6.07) is -0.336. The molecule has 2 heterocycles. The Balaban J connectivity index is 2.23. The molecule has 0 amide bonds. The van der Waals surface area contributed by atoms with Gasteiger partial charge < -0.3 is 0 Å². The van der Waals surface area contributed by atoms with Crippen LogP contribution in [0.4, 0.5) is 0 Å². The van der Waals surface area contributed by atoms with Gasteiger partial charge in [-0.3, -0.25) is 0 Å². The third kappa shape index (κ3) is 3.32. The molecule has 2 rings (SSSR count). The van der Waals surface area contributed by atoms with E-state index in [1.165, 1.54) is 17.5 Å². The quantitative estimate of drug-likeness (QED) is 0.931. The van der Waals surface area contributed by atoms with Gasteiger partial charge in [-0.25, -0.2) is 23.1 Å². The lowest BCUT2D eigenvalue weighted by Gasteiger charge is -2.11. The molecule has 1 N–H and O–H groups in total. The summed E-state index contributed by atoms with van der Waals surface area (Å²) in [6.45, 7) is 5.55. The Morgan fingerprint density at radius 1 is 1.37 bits per heavy atom. The minimum Gasteiger partial charge on any atom is -0.247 e. The van der Waals surface area contributed by atoms with Crippen LogP contribution in [0.25, 0.3) is 0 Å². The molecule has 0 fully saturated rings. The fraction of sp³-hybridized carbons (Fsp3) is 0.400. The molecule has 9 heteroatoms. The Bertz CT molecular complexity index is 693. The zero-order valence-corrected chi connectivity index (χ0v) is 13.7. The molecule has 0 radical (unpaired) electrons. The number of thiazole rings is 2. The van der Waals surface area contributed by atoms with Crippen molar-refractivity contribution in [2.45, 2.75) is 31.0 Å². The van der Waals surface area contributed by atoms with Crippen LogP contribution < -0.4 is 4.72 Å². The zero-order valence-electron chi connectivity index (χ0n) is 10.5. The fourth-order valence-electron chi connectivity index (χ4n) is 1.66. The molecule has 1 unspecified atom stereocenters. The first-order valence-corrected chi connectivity index (χ1v) is 8.86. The molecule has 0 bridgehead atoms. The van der Waals surface area contributed by atoms with Crippen molar-refractivity contribution in [3.63, 3.8) is 0 Å². The van der Waals surface area contributed by atoms with E-state index in [1.807, 2.05) is 13.8 Å². The number of hydrogen-bond acceptors (Lipinski definition) is 6. The first kappa shape index (κ1) is 14.9. The molecule has 0 aliphatic carbocycles. The molecule has 0 aliphatic rings. The topological polar surface area (TPSA) is 72.0 Å². The van der Waals surface area contributed by atoms with Gasteiger partial charge in [-0.15, -0.1) is 11.3 Å². The summed E-state index contributed by atoms with van der Waals surface area (Å²) in [5.41, 5.74) is 0.847. The van der Waals surface area contributed by atoms with Gasteiger partial charge in [-0.1, -0.05) is 22.9 Å². The Morgan fingerprint density at radius 2 is 2.05 bits per heavy atom. The molecule has 2 aromatic rings. The molecule has 0 aliphatic heterocycles. The van der Waals surface area contributed by atoms with Crippen molar-refractivity contribution in [3.05, 3.63) is 26.2 Å². The van der Waals surface area contributed by atoms with Crippen LogP contribution in [0.1, 0.15) is 28.5 Å². The first-order valence-electron chi connectivity index (χ1n) is 5.37. The van der Waals surface area contributed by atoms with Gasteiger partial charge in [-0.05, 0) is 20.8 Å². The Kier molecular flexibility index (Phi) is 4.26. The lowest BCUT2D eigenvalue weighted by atomic mass is 10.2. The number of aromatic nitrogens is 2. The Labute approximate surface area is 124 Å². The maximum Gasteiger partial charge on any atom is 0.252 e. The monoisotopic (exact) mass is 337 g/mol. The third-order valence-electron chi connectivity index (χ3n) is 2.39. The van der Waals surface area contributed by atoms with Crippen LogP contribution in [0.3, 0.4) is 0 Å². The molecular weight excluding hydrogens is 326 g/mol. The van der Waals surface area contributed by atoms with E-state index in [-0.39, 0.29) is 14.7 Å². The average Bonchev–Trinajstić information content (AvgIpc) is 2.84. The summed E-state index contributed by atoms with van der Waals surface area (Å²) in [5.74, 6) is 0. The van der Waals surface area contributed by atoms with Crippen LogP contribution in [0.2, 0.25) is 4.47 Å². The van der Waals surface area contributed by atoms with Gasteiger partial charge in [0.15, 0.2) is 8.68 Å². The standard InChI is InChI=1S/C10H12ClN3O2S3/c1-5-9(17-7(3)13-5)6(2)14-19(15,16)8-4-12-10(11)18-8/h4,6,14H,1-3H3. The van der Waals surface area contributed by atoms with Gasteiger partial charge in [-0.2, -0.15) is 0 Å². The molecular formula is C10H12ClN3O2S3. The minimum absolute atomic E-state index is 0.114. The van der Waals surface area contributed by atoms with Crippen molar-refractivity contribution < 1.29 is 8.42 Å². The second-order valence-corrected chi connectivity index (χ2v) is 8.75. The Hall–Kier alpha value is -0.540. The van der Waals surface area contributed by atoms with Crippen molar-refractivity contribution in [2.75, 3.05) is 0 Å². The predicted octanol–water partition coefficient (Wildman–Crippen LogP) is 2.91. The molecule has 104 valence electrons. The number of rotatable bonds is 4. The van der Waals surface area contributed by atoms with Crippen molar-refractivity contribution >= 4 is 44.3 Å². The number of aryl methyl sites for hydroxylation is 2. The molecule has 2 aromatic heterocycles. The van der Waals surface area contributed by atoms with Crippen molar-refractivity contribution in [1.29, 1.82) is 0 Å². The summed E-state index contributed by atoms with van der Waals surface area (Å²) in [6.07, 6.45) is 1.26. The van der Waals surface area contributed by atoms with Crippen LogP contribution in [0.15, 0.2) is 10.4 Å². The molecule has 1 atom stereocenters. The van der Waals surface area contributed by atoms with Crippen molar-refractivity contribution in [1.82, 2.24) is 14.7 Å². The van der Waals surface area contributed by atoms with Gasteiger partial charge in [0.25, 0.3) is 10.0 Å². The largest absolute Gasteiger partial charge is 0.252 e. The van der Waals surface area contributed by atoms with Crippen LogP contribution in [-0.2, 0) is 10.0 Å². The summed E-state index contributed by atoms with van der Waals surface area (Å²) in [4.78, 5) is 8.95. The lowest BCUT2D eigenvalue weighted by Crippen LogP contribution is -2.26. The van der Waals surface area contributed by atoms with E-state index < -0.39 is 10.0 Å². The van der Waals surface area contributed by atoms with Crippen LogP contribution in [-0.4, -0.2) is 18.4 Å². The van der Waals surface area contributed by atoms with E-state index in [2.05, 4.69) is 14.7 Å². The zero-order chi connectivity index (χ0) is 14.2. The van der Waals surface area contributed by atoms with E-state index in [0.717, 1.165) is 26.9 Å². The highest BCUT2D eigenvalue weighted by Crippen LogP contribution is 2.28. The number of nitrogens with one attached hydrogen (secondary N) is 1. The van der Waals surface area contributed by atoms with Crippen LogP contribution in [0, 0.1) is 13.8 Å². The van der Waals surface area contributed by atoms with Crippen molar-refractivity contribution in [3.8, 4) is 0 Å². The highest BCUT2D eigenvalue weighted by molar-refractivity contribution is 7.91. The smallest absolute Gasteiger partial charge is 0.247 e. The molecule has 0 spiro atoms. The maximum absolute atomic E-state index is 12.1. The Morgan fingerprint density at radius 3 is 2.53 bits per heavy atom. The number of nitrogens with zero attached hydrogens (tertiary/aromatic N) is 2. The molecule has 0 saturated heterocycles. The average molecular weight is 338 g/mol. The highest BCUT2D eigenvalue weighted by atomic mass is 35.5. The van der Waals surface area contributed by atoms with Gasteiger partial charge in [0.1, 0.15) is 0 Å². The summed E-state index contributed by atoms with van der Waals surface area (Å²) >= 11 is 8.08. The molecule has 0 aromatic carbocycles. The van der Waals surface area contributed by atoms with E-state index in [9.17, 15) is 8.42 Å². The van der Waals surface area contributed by atoms with E-state index in [0.29, 0.717) is 0 Å². The second-order valence-electron chi connectivity index (χ2n) is 3.96. The van der Waals surface area contributed by atoms with E-state index in [1.54, 1.807) is 6.92 Å². The lowest BCUT2D eigenvalue weighted by molar-refractivity contribution is 0.570. The van der Waals surface area contributed by atoms with Gasteiger partial charge in [0.05, 0.1) is 22.9 Å². The molecule has 0 saturated carbocycles. The SMILES string of the molecule is Cc1nc(C)c(C(C)NS(=O)(=O)c2cnc(Cl)s2)s1. The molecule has 19 heavy (non-hydrogen) atoms. The number of hydrogen-bond donors (Lipinski definition) is 1. The second kappa shape index (κ2) is 5.45. The van der Waals surface area contributed by atoms with Gasteiger partial charge in [0.2, 0.25) is 0 Å². The van der Waals surface area contributed by atoms with Crippen molar-refractivity contribution in [2.24, 2.45) is 0 Å². The first-order chi connectivity index (χ1) is 8.79. The van der Waals surface area contributed by atoms with E-state index >= 15 is 0 Å². The minimum atomic E-state index is -3.59. The predicted molar refractivity (Wildman–Crippen MR) is 77.4 cm³/mol. The summed E-state index contributed by atoms with van der Waals surface area (Å²) < 4.78 is 27.2.